The highest BCUT2D eigenvalue weighted by atomic mass is 35.5. The molecule has 0 bridgehead atoms. The average molecular weight is 395 g/mol. The zero-order chi connectivity index (χ0) is 16.1. The van der Waals surface area contributed by atoms with Crippen LogP contribution in [0.15, 0.2) is 12.1 Å². The Labute approximate surface area is 163 Å². The van der Waals surface area contributed by atoms with E-state index in [4.69, 9.17) is 0 Å². The fourth-order valence-corrected chi connectivity index (χ4v) is 2.82. The lowest BCUT2D eigenvalue weighted by atomic mass is 10.1. The topological polar surface area (TPSA) is 71.2 Å². The van der Waals surface area contributed by atoms with Crippen molar-refractivity contribution in [1.29, 1.82) is 0 Å². The van der Waals surface area contributed by atoms with Gasteiger partial charge in [0.25, 0.3) is 0 Å². The highest BCUT2D eigenvalue weighted by molar-refractivity contribution is 5.91. The Kier molecular flexibility index (Phi) is 12.9. The van der Waals surface area contributed by atoms with Crippen LogP contribution in [0.4, 0.5) is 10.6 Å². The zero-order valence-electron chi connectivity index (χ0n) is 15.6. The van der Waals surface area contributed by atoms with Crippen LogP contribution in [0.1, 0.15) is 30.5 Å². The Morgan fingerprint density at radius 3 is 2.20 bits per heavy atom. The summed E-state index contributed by atoms with van der Waals surface area (Å²) in [6.45, 7) is 7.25. The maximum Gasteiger partial charge on any atom is 0.325 e. The smallest absolute Gasteiger partial charge is 0.325 e. The third-order valence-electron chi connectivity index (χ3n) is 3.99. The molecular formula is C17H32Cl2N4O2. The van der Waals surface area contributed by atoms with Crippen LogP contribution in [0.2, 0.25) is 0 Å². The van der Waals surface area contributed by atoms with Gasteiger partial charge in [-0.25, -0.2) is 9.78 Å². The average Bonchev–Trinajstić information content (AvgIpc) is 2.47. The molecule has 6 nitrogen and oxygen atoms in total. The number of halogens is 2. The summed E-state index contributed by atoms with van der Waals surface area (Å²) in [5, 5.41) is 0. The van der Waals surface area contributed by atoms with Crippen LogP contribution in [0.25, 0.3) is 0 Å². The highest BCUT2D eigenvalue weighted by Crippen LogP contribution is 2.18. The molecule has 2 N–H and O–H groups in total. The summed E-state index contributed by atoms with van der Waals surface area (Å²) in [5.74, 6) is 0.773. The number of rotatable bonds is 4. The maximum atomic E-state index is 12.9. The Bertz CT molecular complexity index is 503. The van der Waals surface area contributed by atoms with Crippen LogP contribution in [0.3, 0.4) is 0 Å². The number of hydrogen-bond acceptors (Lipinski definition) is 3. The monoisotopic (exact) mass is 394 g/mol. The van der Waals surface area contributed by atoms with E-state index in [1.165, 1.54) is 6.42 Å². The van der Waals surface area contributed by atoms with Gasteiger partial charge in [-0.15, -0.1) is 24.8 Å². The van der Waals surface area contributed by atoms with Crippen molar-refractivity contribution < 1.29 is 10.3 Å². The number of urea groups is 1. The molecule has 1 aliphatic heterocycles. The molecule has 0 aliphatic carbocycles. The van der Waals surface area contributed by atoms with Gasteiger partial charge in [-0.1, -0.05) is 0 Å². The van der Waals surface area contributed by atoms with Crippen LogP contribution in [-0.2, 0) is 0 Å². The number of likely N-dealkylation sites (tertiary alicyclic amines) is 1. The second kappa shape index (κ2) is 12.3. The van der Waals surface area contributed by atoms with Crippen molar-refractivity contribution in [3.8, 4) is 0 Å². The first-order valence-corrected chi connectivity index (χ1v) is 8.14. The van der Waals surface area contributed by atoms with Crippen molar-refractivity contribution in [2.24, 2.45) is 0 Å². The fourth-order valence-electron chi connectivity index (χ4n) is 2.82. The molecule has 0 radical (unpaired) electrons. The van der Waals surface area contributed by atoms with Crippen molar-refractivity contribution in [2.45, 2.75) is 33.1 Å². The van der Waals surface area contributed by atoms with Gasteiger partial charge in [0.1, 0.15) is 5.82 Å². The molecule has 0 unspecified atom stereocenters. The minimum absolute atomic E-state index is 0. The summed E-state index contributed by atoms with van der Waals surface area (Å²) >= 11 is 0. The lowest BCUT2D eigenvalue weighted by Gasteiger charge is -2.33. The third kappa shape index (κ3) is 7.77. The third-order valence-corrected chi connectivity index (χ3v) is 3.99. The molecule has 0 spiro atoms. The number of amides is 2. The van der Waals surface area contributed by atoms with Crippen molar-refractivity contribution in [3.05, 3.63) is 23.4 Å². The molecule has 1 aromatic rings. The number of piperidine rings is 1. The quantitative estimate of drug-likeness (QED) is 0.787. The molecule has 0 saturated carbocycles. The predicted molar refractivity (Wildman–Crippen MR) is 109 cm³/mol. The van der Waals surface area contributed by atoms with E-state index in [9.17, 15) is 4.79 Å². The minimum Gasteiger partial charge on any atom is -0.412 e. The zero-order valence-corrected chi connectivity index (χ0v) is 17.3. The standard InChI is InChI=1S/C17H28N4O.2ClH.H2O/c1-14-12-15(2)18-16(13-14)21(11-10-19(3)4)17(22)20-8-6-5-7-9-20;;;/h12-13H,5-11H2,1-4H3;2*1H;1H2. The van der Waals surface area contributed by atoms with E-state index in [1.807, 2.05) is 49.9 Å². The molecule has 0 atom stereocenters. The van der Waals surface area contributed by atoms with E-state index in [1.54, 1.807) is 0 Å². The summed E-state index contributed by atoms with van der Waals surface area (Å²) in [5.41, 5.74) is 2.10. The molecule has 146 valence electrons. The first kappa shape index (κ1) is 26.2. The normalized spacial score (nSPS) is 13.4. The van der Waals surface area contributed by atoms with Crippen molar-refractivity contribution in [1.82, 2.24) is 14.8 Å². The molecule has 2 heterocycles. The van der Waals surface area contributed by atoms with Crippen LogP contribution in [0.5, 0.6) is 0 Å². The number of nitrogens with zero attached hydrogens (tertiary/aromatic N) is 4. The van der Waals surface area contributed by atoms with Gasteiger partial charge in [0.15, 0.2) is 0 Å². The van der Waals surface area contributed by atoms with E-state index < -0.39 is 0 Å². The molecule has 1 aliphatic rings. The number of anilines is 1. The summed E-state index contributed by atoms with van der Waals surface area (Å²) in [7, 11) is 4.05. The van der Waals surface area contributed by atoms with E-state index in [0.29, 0.717) is 6.54 Å². The fraction of sp³-hybridized carbons (Fsp3) is 0.647. The lowest BCUT2D eigenvalue weighted by Crippen LogP contribution is -2.48. The SMILES string of the molecule is Cc1cc(C)nc(N(CCN(C)C)C(=O)N2CCCCC2)c1.Cl.Cl.O. The number of hydrogen-bond donors (Lipinski definition) is 0. The molecule has 1 saturated heterocycles. The van der Waals surface area contributed by atoms with Gasteiger partial charge >= 0.3 is 6.03 Å². The minimum atomic E-state index is 0. The predicted octanol–water partition coefficient (Wildman–Crippen LogP) is 2.69. The molecule has 2 rings (SSSR count). The molecule has 1 fully saturated rings. The number of pyridine rings is 1. The number of aryl methyl sites for hydroxylation is 2. The summed E-state index contributed by atoms with van der Waals surface area (Å²) < 4.78 is 0. The molecule has 25 heavy (non-hydrogen) atoms. The van der Waals surface area contributed by atoms with Crippen LogP contribution < -0.4 is 4.90 Å². The molecule has 0 aromatic carbocycles. The second-order valence-corrected chi connectivity index (χ2v) is 6.43. The lowest BCUT2D eigenvalue weighted by molar-refractivity contribution is 0.192. The second-order valence-electron chi connectivity index (χ2n) is 6.43. The maximum absolute atomic E-state index is 12.9. The number of aromatic nitrogens is 1. The van der Waals surface area contributed by atoms with Gasteiger partial charge in [0, 0.05) is 31.9 Å². The highest BCUT2D eigenvalue weighted by Gasteiger charge is 2.24. The van der Waals surface area contributed by atoms with E-state index in [2.05, 4.69) is 9.88 Å². The van der Waals surface area contributed by atoms with E-state index in [-0.39, 0.29) is 36.3 Å². The van der Waals surface area contributed by atoms with Crippen LogP contribution in [0, 0.1) is 13.8 Å². The number of carbonyl (C=O) groups excluding carboxylic acids is 1. The summed E-state index contributed by atoms with van der Waals surface area (Å²) in [6.07, 6.45) is 3.43. The molecular weight excluding hydrogens is 363 g/mol. The van der Waals surface area contributed by atoms with Gasteiger partial charge in [0.2, 0.25) is 0 Å². The number of carbonyl (C=O) groups is 1. The van der Waals surface area contributed by atoms with E-state index >= 15 is 0 Å². The number of likely N-dealkylation sites (N-methyl/N-ethyl adjacent to an activating group) is 1. The van der Waals surface area contributed by atoms with Gasteiger partial charge < -0.3 is 15.3 Å². The Morgan fingerprint density at radius 2 is 1.68 bits per heavy atom. The van der Waals surface area contributed by atoms with Crippen LogP contribution >= 0.6 is 24.8 Å². The van der Waals surface area contributed by atoms with Crippen molar-refractivity contribution in [2.75, 3.05) is 45.2 Å². The molecule has 8 heteroatoms. The first-order chi connectivity index (χ1) is 10.5. The largest absolute Gasteiger partial charge is 0.412 e. The Morgan fingerprint density at radius 1 is 1.08 bits per heavy atom. The van der Waals surface area contributed by atoms with Crippen LogP contribution in [-0.4, -0.2) is 66.6 Å². The molecule has 2 amide bonds. The van der Waals surface area contributed by atoms with E-state index in [0.717, 1.165) is 49.6 Å². The van der Waals surface area contributed by atoms with Gasteiger partial charge in [-0.3, -0.25) is 4.90 Å². The van der Waals surface area contributed by atoms with Gasteiger partial charge in [-0.2, -0.15) is 0 Å². The Hall–Kier alpha value is -1.08. The Balaban J connectivity index is 0. The van der Waals surface area contributed by atoms with Crippen molar-refractivity contribution in [3.63, 3.8) is 0 Å². The van der Waals surface area contributed by atoms with Gasteiger partial charge in [-0.05, 0) is 64.9 Å². The van der Waals surface area contributed by atoms with Crippen molar-refractivity contribution >= 4 is 36.7 Å². The van der Waals surface area contributed by atoms with Gasteiger partial charge in [0.05, 0.1) is 0 Å². The molecule has 1 aromatic heterocycles. The summed E-state index contributed by atoms with van der Waals surface area (Å²) in [4.78, 5) is 23.4. The first-order valence-electron chi connectivity index (χ1n) is 8.14. The summed E-state index contributed by atoms with van der Waals surface area (Å²) in [6, 6.07) is 4.14.